The fraction of sp³-hybridized carbons (Fsp3) is 0.478. The topological polar surface area (TPSA) is 61.9 Å². The fourth-order valence-electron chi connectivity index (χ4n) is 4.40. The quantitative estimate of drug-likeness (QED) is 0.787. The number of carbonyl (C=O) groups is 2. The van der Waals surface area contributed by atoms with E-state index < -0.39 is 0 Å². The van der Waals surface area contributed by atoms with E-state index in [9.17, 15) is 9.59 Å². The molecule has 1 atom stereocenters. The molecule has 0 saturated carbocycles. The van der Waals surface area contributed by atoms with Gasteiger partial charge in [0.2, 0.25) is 0 Å². The number of fused-ring (bicyclic) bond motifs is 1. The van der Waals surface area contributed by atoms with E-state index in [1.54, 1.807) is 0 Å². The normalized spacial score (nSPS) is 20.2. The fourth-order valence-corrected chi connectivity index (χ4v) is 4.40. The third kappa shape index (κ3) is 4.31. The summed E-state index contributed by atoms with van der Waals surface area (Å²) in [5.41, 5.74) is 0.804. The summed E-state index contributed by atoms with van der Waals surface area (Å²) in [4.78, 5) is 28.7. The van der Waals surface area contributed by atoms with Crippen molar-refractivity contribution >= 4 is 28.6 Å². The number of benzene rings is 2. The standard InChI is InChI=1S/C23H29N3O3/c1-2-3-8-21-16-29-23(28)26(21)20-11-13-25(14-12-20)22(27)24-19-10-9-17-6-4-5-7-18(17)15-19/h4-7,9-10,15,20-21H,2-3,8,11-14,16H2,1H3,(H,24,27). The van der Waals surface area contributed by atoms with Gasteiger partial charge in [-0.3, -0.25) is 4.90 Å². The van der Waals surface area contributed by atoms with Gasteiger partial charge in [-0.05, 0) is 42.2 Å². The Balaban J connectivity index is 1.33. The van der Waals surface area contributed by atoms with E-state index >= 15 is 0 Å². The third-order valence-corrected chi connectivity index (χ3v) is 6.04. The number of amides is 3. The Bertz CT molecular complexity index is 877. The Morgan fingerprint density at radius 1 is 1.14 bits per heavy atom. The first-order chi connectivity index (χ1) is 14.2. The van der Waals surface area contributed by atoms with Gasteiger partial charge in [0.05, 0.1) is 6.04 Å². The molecule has 4 rings (SSSR count). The second-order valence-corrected chi connectivity index (χ2v) is 7.99. The molecular weight excluding hydrogens is 366 g/mol. The molecule has 0 radical (unpaired) electrons. The minimum atomic E-state index is -0.190. The zero-order chi connectivity index (χ0) is 20.2. The molecule has 1 N–H and O–H groups in total. The van der Waals surface area contributed by atoms with Crippen molar-refractivity contribution in [1.29, 1.82) is 0 Å². The molecule has 0 spiro atoms. The molecule has 0 bridgehead atoms. The van der Waals surface area contributed by atoms with E-state index in [0.29, 0.717) is 19.7 Å². The Morgan fingerprint density at radius 2 is 1.90 bits per heavy atom. The molecule has 0 aromatic heterocycles. The van der Waals surface area contributed by atoms with Gasteiger partial charge in [-0.25, -0.2) is 9.59 Å². The summed E-state index contributed by atoms with van der Waals surface area (Å²) in [6.45, 7) is 3.96. The molecule has 29 heavy (non-hydrogen) atoms. The maximum absolute atomic E-state index is 12.7. The van der Waals surface area contributed by atoms with Crippen molar-refractivity contribution in [3.05, 3.63) is 42.5 Å². The number of carbonyl (C=O) groups excluding carboxylic acids is 2. The lowest BCUT2D eigenvalue weighted by Gasteiger charge is -2.37. The number of unbranched alkanes of at least 4 members (excludes halogenated alkanes) is 1. The van der Waals surface area contributed by atoms with E-state index in [-0.39, 0.29) is 24.2 Å². The monoisotopic (exact) mass is 395 g/mol. The molecule has 0 aliphatic carbocycles. The van der Waals surface area contributed by atoms with Crippen molar-refractivity contribution < 1.29 is 14.3 Å². The molecule has 3 amide bonds. The molecule has 6 heteroatoms. The molecule has 1 unspecified atom stereocenters. The van der Waals surface area contributed by atoms with Gasteiger partial charge in [0, 0.05) is 24.8 Å². The van der Waals surface area contributed by atoms with E-state index in [2.05, 4.69) is 18.3 Å². The largest absolute Gasteiger partial charge is 0.447 e. The van der Waals surface area contributed by atoms with Crippen molar-refractivity contribution in [3.63, 3.8) is 0 Å². The number of hydrogen-bond donors (Lipinski definition) is 1. The van der Waals surface area contributed by atoms with Gasteiger partial charge < -0.3 is 15.0 Å². The van der Waals surface area contributed by atoms with Crippen LogP contribution in [0, 0.1) is 0 Å². The predicted molar refractivity (Wildman–Crippen MR) is 114 cm³/mol. The number of rotatable bonds is 5. The molecule has 2 saturated heterocycles. The Hall–Kier alpha value is -2.76. The first kappa shape index (κ1) is 19.6. The first-order valence-electron chi connectivity index (χ1n) is 10.7. The number of nitrogens with one attached hydrogen (secondary N) is 1. The van der Waals surface area contributed by atoms with Crippen LogP contribution in [0.5, 0.6) is 0 Å². The minimum absolute atomic E-state index is 0.0785. The zero-order valence-corrected chi connectivity index (χ0v) is 17.0. The van der Waals surface area contributed by atoms with Crippen LogP contribution in [0.4, 0.5) is 15.3 Å². The summed E-state index contributed by atoms with van der Waals surface area (Å²) < 4.78 is 5.31. The van der Waals surface area contributed by atoms with Crippen LogP contribution >= 0.6 is 0 Å². The lowest BCUT2D eigenvalue weighted by atomic mass is 10.0. The van der Waals surface area contributed by atoms with E-state index in [1.165, 1.54) is 0 Å². The lowest BCUT2D eigenvalue weighted by Crippen LogP contribution is -2.50. The Kier molecular flexibility index (Phi) is 5.88. The van der Waals surface area contributed by atoms with Crippen molar-refractivity contribution in [2.24, 2.45) is 0 Å². The van der Waals surface area contributed by atoms with E-state index in [4.69, 9.17) is 4.74 Å². The number of anilines is 1. The van der Waals surface area contributed by atoms with Gasteiger partial charge in [-0.1, -0.05) is 50.1 Å². The first-order valence-corrected chi connectivity index (χ1v) is 10.7. The smallest absolute Gasteiger partial charge is 0.410 e. The Labute approximate surface area is 171 Å². The second-order valence-electron chi connectivity index (χ2n) is 7.99. The highest BCUT2D eigenvalue weighted by molar-refractivity contribution is 5.93. The van der Waals surface area contributed by atoms with Crippen LogP contribution in [-0.2, 0) is 4.74 Å². The summed E-state index contributed by atoms with van der Waals surface area (Å²) in [6, 6.07) is 14.3. The van der Waals surface area contributed by atoms with Gasteiger partial charge in [0.15, 0.2) is 0 Å². The average Bonchev–Trinajstić information content (AvgIpc) is 3.12. The molecule has 6 nitrogen and oxygen atoms in total. The highest BCUT2D eigenvalue weighted by atomic mass is 16.6. The van der Waals surface area contributed by atoms with Crippen LogP contribution in [0.3, 0.4) is 0 Å². The van der Waals surface area contributed by atoms with Crippen LogP contribution in [0.1, 0.15) is 39.0 Å². The van der Waals surface area contributed by atoms with Gasteiger partial charge in [0.25, 0.3) is 0 Å². The summed E-state index contributed by atoms with van der Waals surface area (Å²) in [5, 5.41) is 5.28. The number of urea groups is 1. The molecule has 2 aromatic rings. The summed E-state index contributed by atoms with van der Waals surface area (Å²) in [6.07, 6.45) is 4.61. The highest BCUT2D eigenvalue weighted by Gasteiger charge is 2.39. The average molecular weight is 396 g/mol. The number of likely N-dealkylation sites (tertiary alicyclic amines) is 1. The number of nitrogens with zero attached hydrogens (tertiary/aromatic N) is 2. The highest BCUT2D eigenvalue weighted by Crippen LogP contribution is 2.27. The number of piperidine rings is 1. The summed E-state index contributed by atoms with van der Waals surface area (Å²) >= 11 is 0. The Morgan fingerprint density at radius 3 is 2.66 bits per heavy atom. The molecule has 154 valence electrons. The molecule has 2 aromatic carbocycles. The maximum Gasteiger partial charge on any atom is 0.410 e. The summed E-state index contributed by atoms with van der Waals surface area (Å²) in [5.74, 6) is 0. The van der Waals surface area contributed by atoms with E-state index in [0.717, 1.165) is 48.6 Å². The third-order valence-electron chi connectivity index (χ3n) is 6.04. The minimum Gasteiger partial charge on any atom is -0.447 e. The summed E-state index contributed by atoms with van der Waals surface area (Å²) in [7, 11) is 0. The van der Waals surface area contributed by atoms with Crippen molar-refractivity contribution in [1.82, 2.24) is 9.80 Å². The lowest BCUT2D eigenvalue weighted by molar-refractivity contribution is 0.114. The van der Waals surface area contributed by atoms with Crippen LogP contribution in [0.25, 0.3) is 10.8 Å². The van der Waals surface area contributed by atoms with Crippen molar-refractivity contribution in [2.45, 2.75) is 51.1 Å². The van der Waals surface area contributed by atoms with Gasteiger partial charge in [-0.15, -0.1) is 0 Å². The van der Waals surface area contributed by atoms with Crippen LogP contribution in [0.15, 0.2) is 42.5 Å². The van der Waals surface area contributed by atoms with Crippen molar-refractivity contribution in [3.8, 4) is 0 Å². The molecule has 2 aliphatic heterocycles. The predicted octanol–water partition coefficient (Wildman–Crippen LogP) is 4.85. The van der Waals surface area contributed by atoms with Crippen LogP contribution < -0.4 is 5.32 Å². The SMILES string of the molecule is CCCCC1COC(=O)N1C1CCN(C(=O)Nc2ccc3ccccc3c2)CC1. The maximum atomic E-state index is 12.7. The number of cyclic esters (lactones) is 1. The van der Waals surface area contributed by atoms with Gasteiger partial charge in [-0.2, -0.15) is 0 Å². The molecule has 2 heterocycles. The number of hydrogen-bond acceptors (Lipinski definition) is 3. The zero-order valence-electron chi connectivity index (χ0n) is 17.0. The number of ether oxygens (including phenoxy) is 1. The molecule has 2 aliphatic rings. The van der Waals surface area contributed by atoms with Crippen LogP contribution in [-0.4, -0.2) is 53.7 Å². The second kappa shape index (κ2) is 8.72. The molecule has 2 fully saturated rings. The van der Waals surface area contributed by atoms with Gasteiger partial charge in [0.1, 0.15) is 6.61 Å². The van der Waals surface area contributed by atoms with Crippen LogP contribution in [0.2, 0.25) is 0 Å². The molecular formula is C23H29N3O3. The van der Waals surface area contributed by atoms with Gasteiger partial charge >= 0.3 is 12.1 Å². The van der Waals surface area contributed by atoms with Crippen molar-refractivity contribution in [2.75, 3.05) is 25.0 Å². The van der Waals surface area contributed by atoms with E-state index in [1.807, 2.05) is 46.2 Å².